The first-order valence-electron chi connectivity index (χ1n) is 9.54. The van der Waals surface area contributed by atoms with Gasteiger partial charge in [-0.25, -0.2) is 9.97 Å². The van der Waals surface area contributed by atoms with Crippen molar-refractivity contribution in [1.29, 1.82) is 0 Å². The van der Waals surface area contributed by atoms with Gasteiger partial charge in [-0.1, -0.05) is 5.16 Å². The number of nitrogens with zero attached hydrogens (tertiary/aromatic N) is 4. The van der Waals surface area contributed by atoms with Crippen LogP contribution in [0.15, 0.2) is 16.8 Å². The lowest BCUT2D eigenvalue weighted by atomic mass is 9.80. The number of aromatic nitrogens is 3. The summed E-state index contributed by atoms with van der Waals surface area (Å²) >= 11 is 0. The Morgan fingerprint density at radius 3 is 3.11 bits per heavy atom. The van der Waals surface area contributed by atoms with Crippen molar-refractivity contribution in [2.24, 2.45) is 5.92 Å². The minimum atomic E-state index is -0.277. The second-order valence-corrected chi connectivity index (χ2v) is 7.96. The molecule has 3 aliphatic rings. The quantitative estimate of drug-likeness (QED) is 0.880. The normalized spacial score (nSPS) is 24.3. The van der Waals surface area contributed by atoms with E-state index in [0.717, 1.165) is 30.1 Å². The van der Waals surface area contributed by atoms with E-state index in [-0.39, 0.29) is 11.3 Å². The largest absolute Gasteiger partial charge is 0.376 e. The molecule has 1 spiro atoms. The molecule has 0 bridgehead atoms. The Labute approximate surface area is 157 Å². The number of rotatable bonds is 4. The van der Waals surface area contributed by atoms with Crippen molar-refractivity contribution in [2.75, 3.05) is 31.6 Å². The number of carbonyl (C=O) groups excluding carboxylic acids is 1. The van der Waals surface area contributed by atoms with Gasteiger partial charge in [-0.2, -0.15) is 0 Å². The predicted octanol–water partition coefficient (Wildman–Crippen LogP) is 1.91. The first kappa shape index (κ1) is 16.7. The number of anilines is 1. The summed E-state index contributed by atoms with van der Waals surface area (Å²) in [6.07, 6.45) is 5.26. The van der Waals surface area contributed by atoms with Crippen LogP contribution in [0, 0.1) is 12.8 Å². The third-order valence-corrected chi connectivity index (χ3v) is 5.74. The van der Waals surface area contributed by atoms with Crippen molar-refractivity contribution in [3.05, 3.63) is 35.0 Å². The molecule has 27 heavy (non-hydrogen) atoms. The number of likely N-dealkylation sites (tertiary alicyclic amines) is 1. The molecule has 1 N–H and O–H groups in total. The first-order chi connectivity index (χ1) is 13.1. The summed E-state index contributed by atoms with van der Waals surface area (Å²) in [7, 11) is 0. The van der Waals surface area contributed by atoms with Crippen molar-refractivity contribution >= 4 is 11.9 Å². The lowest BCUT2D eigenvalue weighted by Crippen LogP contribution is -2.41. The molecule has 2 fully saturated rings. The molecule has 1 saturated heterocycles. The summed E-state index contributed by atoms with van der Waals surface area (Å²) in [6.45, 7) is 5.04. The van der Waals surface area contributed by atoms with Crippen LogP contribution < -0.4 is 5.32 Å². The minimum Gasteiger partial charge on any atom is -0.376 e. The first-order valence-corrected chi connectivity index (χ1v) is 9.54. The molecule has 1 aliphatic carbocycles. The topological polar surface area (TPSA) is 93.4 Å². The monoisotopic (exact) mass is 369 g/mol. The van der Waals surface area contributed by atoms with Crippen LogP contribution in [0.1, 0.15) is 46.8 Å². The smallest absolute Gasteiger partial charge is 0.276 e. The van der Waals surface area contributed by atoms with E-state index in [0.29, 0.717) is 43.7 Å². The highest BCUT2D eigenvalue weighted by molar-refractivity contribution is 5.92. The number of aryl methyl sites for hydroxylation is 1. The molecule has 4 heterocycles. The molecular weight excluding hydrogens is 346 g/mol. The van der Waals surface area contributed by atoms with E-state index in [9.17, 15) is 4.79 Å². The zero-order valence-electron chi connectivity index (χ0n) is 15.4. The SMILES string of the molecule is Cc1cc(C(=O)N2CC[C@@]3(COCc4cnc(NCC5CC5)nc43)C2)no1. The molecule has 8 heteroatoms. The highest BCUT2D eigenvalue weighted by Crippen LogP contribution is 2.39. The second kappa shape index (κ2) is 6.30. The van der Waals surface area contributed by atoms with Crippen LogP contribution in [-0.4, -0.2) is 52.2 Å². The molecule has 2 aliphatic heterocycles. The highest BCUT2D eigenvalue weighted by Gasteiger charge is 2.46. The summed E-state index contributed by atoms with van der Waals surface area (Å²) in [5, 5.41) is 7.23. The van der Waals surface area contributed by atoms with Crippen LogP contribution >= 0.6 is 0 Å². The molecule has 1 atom stereocenters. The van der Waals surface area contributed by atoms with Crippen molar-refractivity contribution in [1.82, 2.24) is 20.0 Å². The van der Waals surface area contributed by atoms with Crippen LogP contribution in [0.25, 0.3) is 0 Å². The lowest BCUT2D eigenvalue weighted by Gasteiger charge is -2.34. The number of amides is 1. The van der Waals surface area contributed by atoms with E-state index in [4.69, 9.17) is 14.2 Å². The minimum absolute atomic E-state index is 0.100. The Kier molecular flexibility index (Phi) is 3.89. The van der Waals surface area contributed by atoms with Crippen molar-refractivity contribution in [3.8, 4) is 0 Å². The van der Waals surface area contributed by atoms with Crippen LogP contribution in [0.2, 0.25) is 0 Å². The van der Waals surface area contributed by atoms with Crippen molar-refractivity contribution < 1.29 is 14.1 Å². The fourth-order valence-corrected chi connectivity index (χ4v) is 4.03. The molecule has 5 rings (SSSR count). The molecule has 2 aromatic heterocycles. The molecule has 0 radical (unpaired) electrons. The van der Waals surface area contributed by atoms with Gasteiger partial charge in [0.25, 0.3) is 5.91 Å². The maximum Gasteiger partial charge on any atom is 0.276 e. The molecule has 0 aromatic carbocycles. The van der Waals surface area contributed by atoms with Gasteiger partial charge in [-0.05, 0) is 32.1 Å². The number of hydrogen-bond donors (Lipinski definition) is 1. The van der Waals surface area contributed by atoms with Gasteiger partial charge in [0.2, 0.25) is 5.95 Å². The third-order valence-electron chi connectivity index (χ3n) is 5.74. The Hall–Kier alpha value is -2.48. The fraction of sp³-hybridized carbons (Fsp3) is 0.579. The summed E-state index contributed by atoms with van der Waals surface area (Å²) in [4.78, 5) is 23.9. The van der Waals surface area contributed by atoms with Crippen molar-refractivity contribution in [2.45, 2.75) is 38.2 Å². The van der Waals surface area contributed by atoms with Gasteiger partial charge in [-0.3, -0.25) is 4.79 Å². The molecule has 142 valence electrons. The van der Waals surface area contributed by atoms with E-state index in [1.54, 1.807) is 13.0 Å². The van der Waals surface area contributed by atoms with E-state index in [1.807, 2.05) is 11.1 Å². The van der Waals surface area contributed by atoms with Gasteiger partial charge < -0.3 is 19.5 Å². The Morgan fingerprint density at radius 2 is 2.33 bits per heavy atom. The number of hydrogen-bond acceptors (Lipinski definition) is 7. The molecule has 0 unspecified atom stereocenters. The third kappa shape index (κ3) is 3.07. The lowest BCUT2D eigenvalue weighted by molar-refractivity contribution is 0.0483. The van der Waals surface area contributed by atoms with Gasteiger partial charge in [0, 0.05) is 37.5 Å². The predicted molar refractivity (Wildman–Crippen MR) is 96.3 cm³/mol. The molecule has 8 nitrogen and oxygen atoms in total. The average molecular weight is 369 g/mol. The number of ether oxygens (including phenoxy) is 1. The zero-order chi connectivity index (χ0) is 18.4. The second-order valence-electron chi connectivity index (χ2n) is 7.96. The van der Waals surface area contributed by atoms with Gasteiger partial charge in [0.1, 0.15) is 5.76 Å². The van der Waals surface area contributed by atoms with Crippen LogP contribution in [0.5, 0.6) is 0 Å². The van der Waals surface area contributed by atoms with Crippen LogP contribution in [0.4, 0.5) is 5.95 Å². The van der Waals surface area contributed by atoms with Gasteiger partial charge in [0.05, 0.1) is 24.3 Å². The molecular formula is C19H23N5O3. The Balaban J connectivity index is 1.39. The number of carbonyl (C=O) groups is 1. The van der Waals surface area contributed by atoms with Gasteiger partial charge >= 0.3 is 0 Å². The van der Waals surface area contributed by atoms with E-state index in [2.05, 4.69) is 15.5 Å². The maximum absolute atomic E-state index is 12.8. The van der Waals surface area contributed by atoms with Crippen LogP contribution in [-0.2, 0) is 16.8 Å². The summed E-state index contributed by atoms with van der Waals surface area (Å²) in [5.41, 5.74) is 2.12. The average Bonchev–Trinajstić information content (AvgIpc) is 3.26. The Morgan fingerprint density at radius 1 is 1.44 bits per heavy atom. The summed E-state index contributed by atoms with van der Waals surface area (Å²) in [5.74, 6) is 1.97. The van der Waals surface area contributed by atoms with Gasteiger partial charge in [0.15, 0.2) is 5.69 Å². The standard InChI is InChI=1S/C19H23N5O3/c1-12-6-15(23-27-12)17(25)24-5-4-19(10-24)11-26-9-14-8-21-18(22-16(14)19)20-7-13-2-3-13/h6,8,13H,2-5,7,9-11H2,1H3,(H,20,21,22)/t19-/m0/s1. The number of fused-ring (bicyclic) bond motifs is 2. The summed E-state index contributed by atoms with van der Waals surface area (Å²) < 4.78 is 10.9. The van der Waals surface area contributed by atoms with E-state index >= 15 is 0 Å². The number of nitrogens with one attached hydrogen (secondary N) is 1. The molecule has 1 saturated carbocycles. The zero-order valence-corrected chi connectivity index (χ0v) is 15.4. The summed E-state index contributed by atoms with van der Waals surface area (Å²) in [6, 6.07) is 1.68. The van der Waals surface area contributed by atoms with E-state index < -0.39 is 0 Å². The van der Waals surface area contributed by atoms with Gasteiger partial charge in [-0.15, -0.1) is 0 Å². The van der Waals surface area contributed by atoms with Crippen LogP contribution in [0.3, 0.4) is 0 Å². The Bertz CT molecular complexity index is 878. The van der Waals surface area contributed by atoms with E-state index in [1.165, 1.54) is 12.8 Å². The highest BCUT2D eigenvalue weighted by atomic mass is 16.5. The fourth-order valence-electron chi connectivity index (χ4n) is 4.03. The molecule has 2 aromatic rings. The molecule has 1 amide bonds. The maximum atomic E-state index is 12.8. The van der Waals surface area contributed by atoms with Crippen molar-refractivity contribution in [3.63, 3.8) is 0 Å².